The summed E-state index contributed by atoms with van der Waals surface area (Å²) in [5, 5.41) is 1.89. The molecule has 0 spiro atoms. The molecule has 1 N–H and O–H groups in total. The number of pyridine rings is 1. The van der Waals surface area contributed by atoms with E-state index in [-0.39, 0.29) is 6.10 Å². The standard InChI is InChI=1S/C21H24ClN3O2/c1-25(11-13-26-16-8-6-15(22)7-9-16)14-18-17-4-2-10-23-21(17)24-20(18)19-5-3-12-27-19/h2,4,6-10,19H,3,5,11-14H2,1H3,(H,23,24)/t19-/m0/s1. The van der Waals surface area contributed by atoms with Crippen LogP contribution in [0.2, 0.25) is 5.02 Å². The number of benzene rings is 1. The molecule has 1 aromatic carbocycles. The third-order valence-electron chi connectivity index (χ3n) is 4.95. The van der Waals surface area contributed by atoms with Crippen LogP contribution in [0.15, 0.2) is 42.6 Å². The number of hydrogen-bond donors (Lipinski definition) is 1. The van der Waals surface area contributed by atoms with E-state index in [0.29, 0.717) is 11.6 Å². The minimum atomic E-state index is 0.146. The Balaban J connectivity index is 1.43. The molecule has 1 atom stereocenters. The highest BCUT2D eigenvalue weighted by molar-refractivity contribution is 6.30. The number of hydrogen-bond acceptors (Lipinski definition) is 4. The summed E-state index contributed by atoms with van der Waals surface area (Å²) in [6.45, 7) is 3.09. The molecule has 142 valence electrons. The summed E-state index contributed by atoms with van der Waals surface area (Å²) in [6, 6.07) is 11.6. The predicted molar refractivity (Wildman–Crippen MR) is 107 cm³/mol. The Morgan fingerprint density at radius 2 is 2.15 bits per heavy atom. The largest absolute Gasteiger partial charge is 0.492 e. The normalized spacial score (nSPS) is 17.1. The molecule has 0 bridgehead atoms. The number of rotatable bonds is 7. The molecule has 6 heteroatoms. The van der Waals surface area contributed by atoms with Crippen LogP contribution in [0, 0.1) is 0 Å². The average molecular weight is 386 g/mol. The van der Waals surface area contributed by atoms with E-state index in [1.807, 2.05) is 36.5 Å². The highest BCUT2D eigenvalue weighted by Crippen LogP contribution is 2.34. The topological polar surface area (TPSA) is 50.4 Å². The Morgan fingerprint density at radius 1 is 1.30 bits per heavy atom. The van der Waals surface area contributed by atoms with Gasteiger partial charge < -0.3 is 14.5 Å². The minimum absolute atomic E-state index is 0.146. The van der Waals surface area contributed by atoms with Crippen LogP contribution in [0.3, 0.4) is 0 Å². The molecule has 1 aliphatic rings. The molecular weight excluding hydrogens is 362 g/mol. The van der Waals surface area contributed by atoms with Gasteiger partial charge in [0.2, 0.25) is 0 Å². The maximum absolute atomic E-state index is 5.93. The minimum Gasteiger partial charge on any atom is -0.492 e. The first-order valence-corrected chi connectivity index (χ1v) is 9.72. The van der Waals surface area contributed by atoms with Gasteiger partial charge in [-0.2, -0.15) is 0 Å². The van der Waals surface area contributed by atoms with E-state index in [9.17, 15) is 0 Å². The van der Waals surface area contributed by atoms with Crippen molar-refractivity contribution in [2.45, 2.75) is 25.5 Å². The summed E-state index contributed by atoms with van der Waals surface area (Å²) < 4.78 is 11.7. The lowest BCUT2D eigenvalue weighted by Crippen LogP contribution is -2.24. The molecule has 3 aromatic rings. The van der Waals surface area contributed by atoms with E-state index < -0.39 is 0 Å². The molecule has 1 saturated heterocycles. The van der Waals surface area contributed by atoms with Crippen LogP contribution in [0.25, 0.3) is 11.0 Å². The first kappa shape index (κ1) is 18.3. The van der Waals surface area contributed by atoms with E-state index in [1.54, 1.807) is 0 Å². The average Bonchev–Trinajstić information content (AvgIpc) is 3.32. The van der Waals surface area contributed by atoms with Crippen molar-refractivity contribution in [2.75, 3.05) is 26.8 Å². The molecule has 0 radical (unpaired) electrons. The fourth-order valence-electron chi connectivity index (χ4n) is 3.55. The van der Waals surface area contributed by atoms with Gasteiger partial charge in [-0.25, -0.2) is 4.98 Å². The summed E-state index contributed by atoms with van der Waals surface area (Å²) in [4.78, 5) is 10.2. The van der Waals surface area contributed by atoms with Gasteiger partial charge in [0.25, 0.3) is 0 Å². The predicted octanol–water partition coefficient (Wildman–Crippen LogP) is 4.58. The number of nitrogens with one attached hydrogen (secondary N) is 1. The second-order valence-electron chi connectivity index (χ2n) is 6.96. The van der Waals surface area contributed by atoms with E-state index >= 15 is 0 Å². The third-order valence-corrected chi connectivity index (χ3v) is 5.20. The van der Waals surface area contributed by atoms with E-state index in [1.165, 1.54) is 16.6 Å². The number of aromatic amines is 1. The second kappa shape index (κ2) is 8.30. The zero-order valence-electron chi connectivity index (χ0n) is 15.5. The molecule has 4 rings (SSSR count). The highest BCUT2D eigenvalue weighted by Gasteiger charge is 2.25. The Kier molecular flexibility index (Phi) is 5.62. The molecule has 0 unspecified atom stereocenters. The second-order valence-corrected chi connectivity index (χ2v) is 7.40. The molecule has 3 heterocycles. The Bertz CT molecular complexity index is 888. The maximum atomic E-state index is 5.93. The van der Waals surface area contributed by atoms with Gasteiger partial charge in [0.05, 0.1) is 11.8 Å². The van der Waals surface area contributed by atoms with Crippen molar-refractivity contribution in [3.63, 3.8) is 0 Å². The molecular formula is C21H24ClN3O2. The quantitative estimate of drug-likeness (QED) is 0.646. The lowest BCUT2D eigenvalue weighted by atomic mass is 10.1. The van der Waals surface area contributed by atoms with Crippen molar-refractivity contribution in [3.8, 4) is 5.75 Å². The monoisotopic (exact) mass is 385 g/mol. The number of H-pyrrole nitrogens is 1. The van der Waals surface area contributed by atoms with Crippen molar-refractivity contribution >= 4 is 22.6 Å². The van der Waals surface area contributed by atoms with Crippen molar-refractivity contribution in [1.82, 2.24) is 14.9 Å². The lowest BCUT2D eigenvalue weighted by molar-refractivity contribution is 0.107. The number of fused-ring (bicyclic) bond motifs is 1. The van der Waals surface area contributed by atoms with Gasteiger partial charge >= 0.3 is 0 Å². The number of aromatic nitrogens is 2. The SMILES string of the molecule is CN(CCOc1ccc(Cl)cc1)Cc1c([C@@H]2CCCO2)[nH]c2ncccc12. The van der Waals surface area contributed by atoms with Crippen LogP contribution in [-0.2, 0) is 11.3 Å². The van der Waals surface area contributed by atoms with Gasteiger partial charge in [-0.05, 0) is 61.9 Å². The molecule has 27 heavy (non-hydrogen) atoms. The van der Waals surface area contributed by atoms with E-state index in [0.717, 1.165) is 43.9 Å². The fraction of sp³-hybridized carbons (Fsp3) is 0.381. The fourth-order valence-corrected chi connectivity index (χ4v) is 3.67. The molecule has 5 nitrogen and oxygen atoms in total. The van der Waals surface area contributed by atoms with Crippen LogP contribution in [-0.4, -0.2) is 41.7 Å². The first-order valence-electron chi connectivity index (χ1n) is 9.34. The van der Waals surface area contributed by atoms with Crippen LogP contribution < -0.4 is 4.74 Å². The summed E-state index contributed by atoms with van der Waals surface area (Å²) in [7, 11) is 2.11. The molecule has 0 amide bonds. The van der Waals surface area contributed by atoms with Crippen molar-refractivity contribution < 1.29 is 9.47 Å². The summed E-state index contributed by atoms with van der Waals surface area (Å²) in [6.07, 6.45) is 4.14. The first-order chi connectivity index (χ1) is 13.2. The zero-order chi connectivity index (χ0) is 18.6. The molecule has 0 aliphatic carbocycles. The van der Waals surface area contributed by atoms with Crippen molar-refractivity contribution in [3.05, 3.63) is 58.9 Å². The van der Waals surface area contributed by atoms with Crippen LogP contribution in [0.4, 0.5) is 0 Å². The van der Waals surface area contributed by atoms with Gasteiger partial charge in [0.15, 0.2) is 0 Å². The van der Waals surface area contributed by atoms with E-state index in [4.69, 9.17) is 21.1 Å². The number of nitrogens with zero attached hydrogens (tertiary/aromatic N) is 2. The van der Waals surface area contributed by atoms with Gasteiger partial charge in [-0.3, -0.25) is 4.90 Å². The molecule has 0 saturated carbocycles. The van der Waals surface area contributed by atoms with Crippen LogP contribution in [0.1, 0.15) is 30.2 Å². The van der Waals surface area contributed by atoms with Gasteiger partial charge in [-0.1, -0.05) is 11.6 Å². The molecule has 1 fully saturated rings. The maximum Gasteiger partial charge on any atom is 0.137 e. The van der Waals surface area contributed by atoms with Gasteiger partial charge in [0, 0.05) is 36.3 Å². The zero-order valence-corrected chi connectivity index (χ0v) is 16.2. The Morgan fingerprint density at radius 3 is 2.93 bits per heavy atom. The smallest absolute Gasteiger partial charge is 0.137 e. The number of ether oxygens (including phenoxy) is 2. The summed E-state index contributed by atoms with van der Waals surface area (Å²) >= 11 is 5.91. The lowest BCUT2D eigenvalue weighted by Gasteiger charge is -2.19. The Hall–Kier alpha value is -2.08. The molecule has 2 aromatic heterocycles. The third kappa shape index (κ3) is 4.26. The van der Waals surface area contributed by atoms with Crippen LogP contribution >= 0.6 is 11.6 Å². The Labute approximate surface area is 164 Å². The van der Waals surface area contributed by atoms with Crippen molar-refractivity contribution in [1.29, 1.82) is 0 Å². The highest BCUT2D eigenvalue weighted by atomic mass is 35.5. The number of likely N-dealkylation sites (N-methyl/N-ethyl adjacent to an activating group) is 1. The number of halogens is 1. The molecule has 1 aliphatic heterocycles. The summed E-state index contributed by atoms with van der Waals surface area (Å²) in [5.74, 6) is 0.837. The summed E-state index contributed by atoms with van der Waals surface area (Å²) in [5.41, 5.74) is 3.38. The van der Waals surface area contributed by atoms with Crippen LogP contribution in [0.5, 0.6) is 5.75 Å². The van der Waals surface area contributed by atoms with Gasteiger partial charge in [-0.15, -0.1) is 0 Å². The van der Waals surface area contributed by atoms with Gasteiger partial charge in [0.1, 0.15) is 18.0 Å². The van der Waals surface area contributed by atoms with Crippen molar-refractivity contribution in [2.24, 2.45) is 0 Å². The van der Waals surface area contributed by atoms with E-state index in [2.05, 4.69) is 28.0 Å².